The molecule has 0 amide bonds. The number of thiophene rings is 1. The molecule has 4 nitrogen and oxygen atoms in total. The molecule has 0 fully saturated rings. The van der Waals surface area contributed by atoms with Crippen LogP contribution >= 0.6 is 22.9 Å². The number of ether oxygens (including phenoxy) is 1. The van der Waals surface area contributed by atoms with Crippen LogP contribution in [0, 0.1) is 0 Å². The van der Waals surface area contributed by atoms with Crippen molar-refractivity contribution in [3.8, 4) is 0 Å². The molecule has 6 heteroatoms. The van der Waals surface area contributed by atoms with Crippen molar-refractivity contribution in [2.24, 2.45) is 0 Å². The molecule has 2 heterocycles. The van der Waals surface area contributed by atoms with Crippen LogP contribution in [0.2, 0.25) is 5.15 Å². The topological polar surface area (TPSA) is 38.2 Å². The van der Waals surface area contributed by atoms with E-state index in [-0.39, 0.29) is 0 Å². The van der Waals surface area contributed by atoms with Gasteiger partial charge in [0.25, 0.3) is 0 Å². The summed E-state index contributed by atoms with van der Waals surface area (Å²) in [6.45, 7) is 8.14. The Morgan fingerprint density at radius 3 is 2.95 bits per heavy atom. The normalized spacial score (nSPS) is 11.6. The van der Waals surface area contributed by atoms with Crippen molar-refractivity contribution >= 4 is 33.2 Å². The van der Waals surface area contributed by atoms with Crippen LogP contribution < -0.4 is 0 Å². The fourth-order valence-electron chi connectivity index (χ4n) is 1.82. The summed E-state index contributed by atoms with van der Waals surface area (Å²) in [7, 11) is 0. The van der Waals surface area contributed by atoms with Crippen LogP contribution in [0.1, 0.15) is 19.7 Å². The largest absolute Gasteiger partial charge is 0.380 e. The predicted octanol–water partition coefficient (Wildman–Crippen LogP) is 3.20. The first-order valence-electron chi connectivity index (χ1n) is 6.44. The van der Waals surface area contributed by atoms with Gasteiger partial charge in [0.05, 0.1) is 13.2 Å². The monoisotopic (exact) mass is 299 g/mol. The van der Waals surface area contributed by atoms with Gasteiger partial charge < -0.3 is 4.74 Å². The van der Waals surface area contributed by atoms with Gasteiger partial charge in [-0.05, 0) is 24.9 Å². The standard InChI is InChI=1S/C13H18ClN3OS/c1-3-17(6-7-18-4-2)9-11-15-12(14)10-5-8-19-13(10)16-11/h5,8H,3-4,6-7,9H2,1-2H3. The highest BCUT2D eigenvalue weighted by Crippen LogP contribution is 2.24. The van der Waals surface area contributed by atoms with Crippen molar-refractivity contribution in [1.29, 1.82) is 0 Å². The van der Waals surface area contributed by atoms with Gasteiger partial charge >= 0.3 is 0 Å². The molecule has 0 bridgehead atoms. The lowest BCUT2D eigenvalue weighted by Crippen LogP contribution is -2.28. The van der Waals surface area contributed by atoms with Gasteiger partial charge in [0.1, 0.15) is 15.8 Å². The average Bonchev–Trinajstić information content (AvgIpc) is 2.86. The van der Waals surface area contributed by atoms with E-state index in [4.69, 9.17) is 16.3 Å². The fourth-order valence-corrected chi connectivity index (χ4v) is 2.91. The summed E-state index contributed by atoms with van der Waals surface area (Å²) in [5, 5.41) is 3.47. The van der Waals surface area contributed by atoms with E-state index in [0.717, 1.165) is 42.3 Å². The van der Waals surface area contributed by atoms with Gasteiger partial charge in [0, 0.05) is 18.5 Å². The van der Waals surface area contributed by atoms with Gasteiger partial charge in [-0.3, -0.25) is 4.90 Å². The second-order valence-corrected chi connectivity index (χ2v) is 5.39. The zero-order valence-electron chi connectivity index (χ0n) is 11.2. The van der Waals surface area contributed by atoms with Gasteiger partial charge in [0.2, 0.25) is 0 Å². The first kappa shape index (κ1) is 14.7. The average molecular weight is 300 g/mol. The summed E-state index contributed by atoms with van der Waals surface area (Å²) in [5.41, 5.74) is 0. The molecule has 2 aromatic heterocycles. The van der Waals surface area contributed by atoms with Crippen LogP contribution in [0.3, 0.4) is 0 Å². The molecule has 0 aliphatic heterocycles. The van der Waals surface area contributed by atoms with Crippen molar-refractivity contribution in [2.45, 2.75) is 20.4 Å². The predicted molar refractivity (Wildman–Crippen MR) is 79.9 cm³/mol. The van der Waals surface area contributed by atoms with Crippen molar-refractivity contribution in [3.05, 3.63) is 22.4 Å². The molecule has 104 valence electrons. The van der Waals surface area contributed by atoms with Gasteiger partial charge in [-0.1, -0.05) is 18.5 Å². The van der Waals surface area contributed by atoms with Gasteiger partial charge in [-0.2, -0.15) is 0 Å². The van der Waals surface area contributed by atoms with Crippen molar-refractivity contribution in [2.75, 3.05) is 26.3 Å². The molecule has 0 aromatic carbocycles. The fraction of sp³-hybridized carbons (Fsp3) is 0.538. The number of aromatic nitrogens is 2. The quantitative estimate of drug-likeness (QED) is 0.581. The summed E-state index contributed by atoms with van der Waals surface area (Å²) in [5.74, 6) is 0.776. The van der Waals surface area contributed by atoms with Crippen LogP contribution in [0.5, 0.6) is 0 Å². The van der Waals surface area contributed by atoms with Crippen molar-refractivity contribution in [1.82, 2.24) is 14.9 Å². The first-order chi connectivity index (χ1) is 9.24. The molecule has 19 heavy (non-hydrogen) atoms. The molecule has 0 spiro atoms. The maximum absolute atomic E-state index is 6.17. The van der Waals surface area contributed by atoms with E-state index in [1.165, 1.54) is 0 Å². The number of fused-ring (bicyclic) bond motifs is 1. The number of halogens is 1. The van der Waals surface area contributed by atoms with Crippen LogP contribution in [0.25, 0.3) is 10.2 Å². The number of likely N-dealkylation sites (N-methyl/N-ethyl adjacent to an activating group) is 1. The highest BCUT2D eigenvalue weighted by atomic mass is 35.5. The summed E-state index contributed by atoms with van der Waals surface area (Å²) < 4.78 is 5.38. The molecule has 0 aliphatic carbocycles. The third-order valence-electron chi connectivity index (χ3n) is 2.89. The van der Waals surface area contributed by atoms with Gasteiger partial charge in [0.15, 0.2) is 0 Å². The lowest BCUT2D eigenvalue weighted by molar-refractivity contribution is 0.112. The minimum atomic E-state index is 0.544. The molecular weight excluding hydrogens is 282 g/mol. The van der Waals surface area contributed by atoms with Crippen LogP contribution in [-0.2, 0) is 11.3 Å². The smallest absolute Gasteiger partial charge is 0.145 e. The SMILES string of the molecule is CCOCCN(CC)Cc1nc(Cl)c2ccsc2n1. The number of hydrogen-bond acceptors (Lipinski definition) is 5. The van der Waals surface area contributed by atoms with E-state index in [9.17, 15) is 0 Å². The summed E-state index contributed by atoms with van der Waals surface area (Å²) >= 11 is 7.76. The lowest BCUT2D eigenvalue weighted by atomic mass is 10.4. The van der Waals surface area contributed by atoms with E-state index in [0.29, 0.717) is 11.7 Å². The molecule has 0 unspecified atom stereocenters. The minimum Gasteiger partial charge on any atom is -0.380 e. The van der Waals surface area contributed by atoms with E-state index in [2.05, 4.69) is 21.8 Å². The van der Waals surface area contributed by atoms with E-state index in [1.807, 2.05) is 18.4 Å². The van der Waals surface area contributed by atoms with Crippen molar-refractivity contribution in [3.63, 3.8) is 0 Å². The van der Waals surface area contributed by atoms with Crippen LogP contribution in [0.15, 0.2) is 11.4 Å². The molecule has 0 N–H and O–H groups in total. The highest BCUT2D eigenvalue weighted by molar-refractivity contribution is 7.16. The summed E-state index contributed by atoms with van der Waals surface area (Å²) in [6.07, 6.45) is 0. The molecule has 0 saturated carbocycles. The van der Waals surface area contributed by atoms with Gasteiger partial charge in [-0.25, -0.2) is 9.97 Å². The maximum Gasteiger partial charge on any atom is 0.145 e. The Morgan fingerprint density at radius 2 is 2.21 bits per heavy atom. The second-order valence-electron chi connectivity index (χ2n) is 4.14. The number of hydrogen-bond donors (Lipinski definition) is 0. The molecule has 2 aromatic rings. The third-order valence-corrected chi connectivity index (χ3v) is 3.99. The van der Waals surface area contributed by atoms with E-state index >= 15 is 0 Å². The van der Waals surface area contributed by atoms with Crippen LogP contribution in [0.4, 0.5) is 0 Å². The lowest BCUT2D eigenvalue weighted by Gasteiger charge is -2.19. The maximum atomic E-state index is 6.17. The van der Waals surface area contributed by atoms with Crippen molar-refractivity contribution < 1.29 is 4.74 Å². The molecule has 0 aliphatic rings. The Balaban J connectivity index is 2.06. The van der Waals surface area contributed by atoms with E-state index < -0.39 is 0 Å². The molecule has 0 saturated heterocycles. The Hall–Kier alpha value is -0.750. The Labute approximate surface area is 122 Å². The zero-order valence-corrected chi connectivity index (χ0v) is 12.8. The Bertz CT molecular complexity index is 532. The second kappa shape index (κ2) is 7.14. The number of rotatable bonds is 7. The molecule has 0 atom stereocenters. The highest BCUT2D eigenvalue weighted by Gasteiger charge is 2.10. The first-order valence-corrected chi connectivity index (χ1v) is 7.70. The zero-order chi connectivity index (χ0) is 13.7. The summed E-state index contributed by atoms with van der Waals surface area (Å²) in [4.78, 5) is 12.1. The third kappa shape index (κ3) is 3.86. The minimum absolute atomic E-state index is 0.544. The molecule has 0 radical (unpaired) electrons. The summed E-state index contributed by atoms with van der Waals surface area (Å²) in [6, 6.07) is 1.96. The Morgan fingerprint density at radius 1 is 1.37 bits per heavy atom. The molecular formula is C13H18ClN3OS. The van der Waals surface area contributed by atoms with Gasteiger partial charge in [-0.15, -0.1) is 11.3 Å². The Kier molecular flexibility index (Phi) is 5.51. The van der Waals surface area contributed by atoms with E-state index in [1.54, 1.807) is 11.3 Å². The van der Waals surface area contributed by atoms with Crippen LogP contribution in [-0.4, -0.2) is 41.2 Å². The molecule has 2 rings (SSSR count). The number of nitrogens with zero attached hydrogens (tertiary/aromatic N) is 3.